The third-order valence-electron chi connectivity index (χ3n) is 2.11. The summed E-state index contributed by atoms with van der Waals surface area (Å²) in [6, 6.07) is 4.71. The predicted molar refractivity (Wildman–Crippen MR) is 79.9 cm³/mol. The van der Waals surface area contributed by atoms with E-state index < -0.39 is 10.0 Å². The lowest BCUT2D eigenvalue weighted by Gasteiger charge is -2.08. The van der Waals surface area contributed by atoms with Gasteiger partial charge >= 0.3 is 0 Å². The maximum Gasteiger partial charge on any atom is 0.242 e. The number of hydrogen-bond donors (Lipinski definition) is 2. The second-order valence-electron chi connectivity index (χ2n) is 3.47. The van der Waals surface area contributed by atoms with Crippen LogP contribution in [0.1, 0.15) is 12.8 Å². The number of nitrogens with two attached hydrogens (primary N) is 1. The van der Waals surface area contributed by atoms with E-state index in [4.69, 9.17) is 17.3 Å². The molecule has 18 heavy (non-hydrogen) atoms. The molecule has 0 amide bonds. The molecule has 0 aliphatic carbocycles. The second-order valence-corrected chi connectivity index (χ2v) is 6.53. The number of unbranched alkanes of at least 4 members (excludes halogenated alkanes) is 1. The topological polar surface area (TPSA) is 72.2 Å². The van der Waals surface area contributed by atoms with Crippen molar-refractivity contribution in [2.75, 3.05) is 13.1 Å². The van der Waals surface area contributed by atoms with Crippen LogP contribution in [0.4, 0.5) is 0 Å². The molecule has 0 aromatic heterocycles. The zero-order chi connectivity index (χ0) is 12.9. The summed E-state index contributed by atoms with van der Waals surface area (Å²) in [6.45, 7) is 0.918. The molecule has 8 heteroatoms. The zero-order valence-corrected chi connectivity index (χ0v) is 13.5. The Morgan fingerprint density at radius 3 is 2.61 bits per heavy atom. The highest BCUT2D eigenvalue weighted by molar-refractivity contribution is 9.10. The molecule has 0 atom stereocenters. The van der Waals surface area contributed by atoms with Gasteiger partial charge in [-0.1, -0.05) is 27.5 Å². The van der Waals surface area contributed by atoms with Crippen molar-refractivity contribution in [3.63, 3.8) is 0 Å². The number of nitrogens with one attached hydrogen (secondary N) is 1. The minimum absolute atomic E-state index is 0. The normalized spacial score (nSPS) is 11.1. The van der Waals surface area contributed by atoms with Crippen molar-refractivity contribution in [3.05, 3.63) is 27.7 Å². The molecule has 0 radical (unpaired) electrons. The Hall–Kier alpha value is 0.150. The zero-order valence-electron chi connectivity index (χ0n) is 9.53. The minimum atomic E-state index is -3.55. The Kier molecular flexibility index (Phi) is 8.42. The Balaban J connectivity index is 0.00000289. The third-order valence-corrected chi connectivity index (χ3v) is 4.54. The summed E-state index contributed by atoms with van der Waals surface area (Å²) in [5.74, 6) is 0. The summed E-state index contributed by atoms with van der Waals surface area (Å²) in [4.78, 5) is 0.0845. The number of sulfonamides is 1. The molecule has 4 nitrogen and oxygen atoms in total. The predicted octanol–water partition coefficient (Wildman–Crippen LogP) is 2.54. The molecule has 104 valence electrons. The Bertz CT molecular complexity index is 483. The van der Waals surface area contributed by atoms with E-state index in [0.29, 0.717) is 24.0 Å². The first-order chi connectivity index (χ1) is 7.97. The number of rotatable bonds is 6. The van der Waals surface area contributed by atoms with Crippen molar-refractivity contribution in [2.24, 2.45) is 5.73 Å². The van der Waals surface area contributed by atoms with Crippen molar-refractivity contribution in [2.45, 2.75) is 17.7 Å². The average Bonchev–Trinajstić information content (AvgIpc) is 2.28. The monoisotopic (exact) mass is 376 g/mol. The average molecular weight is 378 g/mol. The van der Waals surface area contributed by atoms with Crippen molar-refractivity contribution < 1.29 is 8.42 Å². The number of benzene rings is 1. The van der Waals surface area contributed by atoms with E-state index >= 15 is 0 Å². The summed E-state index contributed by atoms with van der Waals surface area (Å²) in [5.41, 5.74) is 5.33. The van der Waals surface area contributed by atoms with Gasteiger partial charge in [0.2, 0.25) is 10.0 Å². The molecule has 0 saturated heterocycles. The van der Waals surface area contributed by atoms with Crippen LogP contribution < -0.4 is 10.5 Å². The summed E-state index contributed by atoms with van der Waals surface area (Å²) in [5, 5.41) is 0.208. The van der Waals surface area contributed by atoms with Gasteiger partial charge in [-0.15, -0.1) is 12.4 Å². The molecular weight excluding hydrogens is 363 g/mol. The highest BCUT2D eigenvalue weighted by atomic mass is 79.9. The van der Waals surface area contributed by atoms with Crippen LogP contribution >= 0.6 is 39.9 Å². The van der Waals surface area contributed by atoms with Crippen LogP contribution in [-0.4, -0.2) is 21.5 Å². The van der Waals surface area contributed by atoms with Crippen LogP contribution in [0.2, 0.25) is 5.02 Å². The van der Waals surface area contributed by atoms with Crippen LogP contribution in [0.5, 0.6) is 0 Å². The van der Waals surface area contributed by atoms with Crippen molar-refractivity contribution in [1.82, 2.24) is 4.72 Å². The smallest absolute Gasteiger partial charge is 0.242 e. The van der Waals surface area contributed by atoms with Crippen molar-refractivity contribution in [1.29, 1.82) is 0 Å². The maximum absolute atomic E-state index is 11.9. The number of hydrogen-bond acceptors (Lipinski definition) is 3. The molecule has 1 aromatic rings. The van der Waals surface area contributed by atoms with Gasteiger partial charge in [-0.2, -0.15) is 0 Å². The summed E-state index contributed by atoms with van der Waals surface area (Å²) in [6.07, 6.45) is 1.50. The molecule has 0 saturated carbocycles. The van der Waals surface area contributed by atoms with E-state index in [1.54, 1.807) is 12.1 Å². The Labute approximate surface area is 127 Å². The fourth-order valence-corrected chi connectivity index (χ4v) is 3.35. The molecule has 0 unspecified atom stereocenters. The van der Waals surface area contributed by atoms with Gasteiger partial charge in [0.05, 0.1) is 5.02 Å². The summed E-state index contributed by atoms with van der Waals surface area (Å²) < 4.78 is 27.0. The van der Waals surface area contributed by atoms with E-state index in [1.165, 1.54) is 6.07 Å². The van der Waals surface area contributed by atoms with E-state index in [0.717, 1.165) is 6.42 Å². The lowest BCUT2D eigenvalue weighted by molar-refractivity contribution is 0.577. The van der Waals surface area contributed by atoms with E-state index in [2.05, 4.69) is 20.7 Å². The lowest BCUT2D eigenvalue weighted by atomic mass is 10.3. The van der Waals surface area contributed by atoms with Crippen molar-refractivity contribution >= 4 is 50.0 Å². The first-order valence-electron chi connectivity index (χ1n) is 5.12. The van der Waals surface area contributed by atoms with Crippen LogP contribution in [0.15, 0.2) is 27.6 Å². The standard InChI is InChI=1S/C10H14BrClN2O2S.ClH/c11-8-3-4-9(12)10(7-8)17(15,16)14-6-2-1-5-13;/h3-4,7,14H,1-2,5-6,13H2;1H. The van der Waals surface area contributed by atoms with Gasteiger partial charge in [-0.3, -0.25) is 0 Å². The Morgan fingerprint density at radius 2 is 2.00 bits per heavy atom. The van der Waals surface area contributed by atoms with Crippen LogP contribution in [0, 0.1) is 0 Å². The Morgan fingerprint density at radius 1 is 1.33 bits per heavy atom. The summed E-state index contributed by atoms with van der Waals surface area (Å²) >= 11 is 9.08. The van der Waals surface area contributed by atoms with Crippen LogP contribution in [-0.2, 0) is 10.0 Å². The van der Waals surface area contributed by atoms with Gasteiger partial charge in [0.15, 0.2) is 0 Å². The molecule has 0 aliphatic rings. The fraction of sp³-hybridized carbons (Fsp3) is 0.400. The van der Waals surface area contributed by atoms with Gasteiger partial charge in [-0.05, 0) is 37.6 Å². The van der Waals surface area contributed by atoms with Gasteiger partial charge in [0, 0.05) is 11.0 Å². The molecule has 0 spiro atoms. The molecule has 0 heterocycles. The molecule has 0 bridgehead atoms. The van der Waals surface area contributed by atoms with Gasteiger partial charge in [0.25, 0.3) is 0 Å². The highest BCUT2D eigenvalue weighted by Gasteiger charge is 2.17. The number of halogens is 3. The maximum atomic E-state index is 11.9. The quantitative estimate of drug-likeness (QED) is 0.748. The van der Waals surface area contributed by atoms with Crippen LogP contribution in [0.25, 0.3) is 0 Å². The van der Waals surface area contributed by atoms with E-state index in [1.807, 2.05) is 0 Å². The largest absolute Gasteiger partial charge is 0.330 e. The molecule has 0 fully saturated rings. The van der Waals surface area contributed by atoms with Crippen molar-refractivity contribution in [3.8, 4) is 0 Å². The van der Waals surface area contributed by atoms with Gasteiger partial charge in [-0.25, -0.2) is 13.1 Å². The third kappa shape index (κ3) is 5.42. The van der Waals surface area contributed by atoms with E-state index in [-0.39, 0.29) is 22.3 Å². The highest BCUT2D eigenvalue weighted by Crippen LogP contribution is 2.24. The molecule has 1 aromatic carbocycles. The summed E-state index contributed by atoms with van der Waals surface area (Å²) in [7, 11) is -3.55. The molecule has 3 N–H and O–H groups in total. The molecule has 0 aliphatic heterocycles. The van der Waals surface area contributed by atoms with Gasteiger partial charge < -0.3 is 5.73 Å². The van der Waals surface area contributed by atoms with Crippen LogP contribution in [0.3, 0.4) is 0 Å². The second kappa shape index (κ2) is 8.35. The molecular formula is C10H15BrCl2N2O2S. The minimum Gasteiger partial charge on any atom is -0.330 e. The SMILES string of the molecule is Cl.NCCCCNS(=O)(=O)c1cc(Br)ccc1Cl. The fourth-order valence-electron chi connectivity index (χ4n) is 1.24. The first kappa shape index (κ1) is 18.1. The lowest BCUT2D eigenvalue weighted by Crippen LogP contribution is -2.25. The first-order valence-corrected chi connectivity index (χ1v) is 7.77. The molecule has 1 rings (SSSR count). The van der Waals surface area contributed by atoms with Gasteiger partial charge in [0.1, 0.15) is 4.90 Å². The van der Waals surface area contributed by atoms with E-state index in [9.17, 15) is 8.42 Å².